The maximum absolute atomic E-state index is 14.0. The zero-order valence-electron chi connectivity index (χ0n) is 19.8. The maximum atomic E-state index is 14.0. The number of hydrogen-bond acceptors (Lipinski definition) is 6. The fourth-order valence-electron chi connectivity index (χ4n) is 3.98. The van der Waals surface area contributed by atoms with Gasteiger partial charge in [-0.3, -0.25) is 4.79 Å². The molecule has 0 atom stereocenters. The van der Waals surface area contributed by atoms with Crippen LogP contribution < -0.4 is 10.5 Å². The number of halogens is 1. The molecule has 0 unspecified atom stereocenters. The second-order valence-corrected chi connectivity index (χ2v) is 8.13. The average Bonchev–Trinajstić information content (AvgIpc) is 3.26. The van der Waals surface area contributed by atoms with E-state index in [0.29, 0.717) is 30.2 Å². The lowest BCUT2D eigenvalue weighted by Gasteiger charge is -2.13. The highest BCUT2D eigenvalue weighted by Crippen LogP contribution is 2.34. The summed E-state index contributed by atoms with van der Waals surface area (Å²) in [5.74, 6) is 0.175. The van der Waals surface area contributed by atoms with Crippen molar-refractivity contribution in [3.05, 3.63) is 88.9 Å². The topological polar surface area (TPSA) is 83.9 Å². The van der Waals surface area contributed by atoms with Gasteiger partial charge in [-0.15, -0.1) is 0 Å². The molecule has 0 spiro atoms. The number of rotatable bonds is 10. The molecule has 0 aliphatic heterocycles. The fraction of sp³-hybridized carbons (Fsp3) is 0.250. The molecule has 35 heavy (non-hydrogen) atoms. The highest BCUT2D eigenvalue weighted by molar-refractivity contribution is 5.93. The van der Waals surface area contributed by atoms with E-state index in [-0.39, 0.29) is 19.6 Å². The molecule has 7 heteroatoms. The van der Waals surface area contributed by atoms with Gasteiger partial charge in [0.2, 0.25) is 0 Å². The summed E-state index contributed by atoms with van der Waals surface area (Å²) < 4.78 is 36.3. The third kappa shape index (κ3) is 5.88. The zero-order valence-corrected chi connectivity index (χ0v) is 19.8. The summed E-state index contributed by atoms with van der Waals surface area (Å²) in [6, 6.07) is 18.0. The van der Waals surface area contributed by atoms with Gasteiger partial charge in [0, 0.05) is 36.2 Å². The number of carbonyl (C=O) groups is 1. The highest BCUT2D eigenvalue weighted by atomic mass is 19.1. The fourth-order valence-corrected chi connectivity index (χ4v) is 3.98. The lowest BCUT2D eigenvalue weighted by molar-refractivity contribution is -0.142. The van der Waals surface area contributed by atoms with E-state index in [1.165, 1.54) is 12.1 Å². The van der Waals surface area contributed by atoms with Crippen molar-refractivity contribution in [1.29, 1.82) is 0 Å². The molecule has 0 amide bonds. The summed E-state index contributed by atoms with van der Waals surface area (Å²) >= 11 is 0. The second-order valence-electron chi connectivity index (χ2n) is 8.13. The van der Waals surface area contributed by atoms with Crippen LogP contribution in [0.25, 0.3) is 22.1 Å². The van der Waals surface area contributed by atoms with Crippen LogP contribution in [0.5, 0.6) is 5.75 Å². The quantitative estimate of drug-likeness (QED) is 0.303. The third-order valence-electron chi connectivity index (χ3n) is 5.55. The van der Waals surface area contributed by atoms with Gasteiger partial charge in [0.1, 0.15) is 36.1 Å². The van der Waals surface area contributed by atoms with Crippen molar-refractivity contribution in [3.63, 3.8) is 0 Å². The van der Waals surface area contributed by atoms with E-state index in [1.54, 1.807) is 20.1 Å². The largest absolute Gasteiger partial charge is 0.488 e. The Morgan fingerprint density at radius 2 is 1.89 bits per heavy atom. The molecule has 3 aromatic carbocycles. The first-order valence-electron chi connectivity index (χ1n) is 11.4. The Kier molecular flexibility index (Phi) is 7.80. The molecule has 0 radical (unpaired) electrons. The molecule has 6 nitrogen and oxygen atoms in total. The van der Waals surface area contributed by atoms with Crippen molar-refractivity contribution < 1.29 is 27.8 Å². The summed E-state index contributed by atoms with van der Waals surface area (Å²) in [5, 5.41) is 0.900. The smallest absolute Gasteiger partial charge is 0.310 e. The number of esters is 1. The van der Waals surface area contributed by atoms with Crippen LogP contribution in [-0.4, -0.2) is 19.7 Å². The first kappa shape index (κ1) is 24.4. The standard InChI is InChI=1S/C28H28FNO5/c1-3-33-27(31)13-21-7-8-23(29)14-26(21)34-16-19-10-22-12-24(17-32-2)35-28(22)25(11-19)20-6-4-5-18(9-20)15-30/h4-12,14H,3,13,15-17,30H2,1-2H3. The molecule has 1 aromatic heterocycles. The van der Waals surface area contributed by atoms with Crippen molar-refractivity contribution in [2.75, 3.05) is 13.7 Å². The van der Waals surface area contributed by atoms with Gasteiger partial charge in [-0.2, -0.15) is 0 Å². The SMILES string of the molecule is CCOC(=O)Cc1ccc(F)cc1OCc1cc(-c2cccc(CN)c2)c2oc(COC)cc2c1. The van der Waals surface area contributed by atoms with E-state index < -0.39 is 11.8 Å². The molecule has 0 bridgehead atoms. The average molecular weight is 478 g/mol. The van der Waals surface area contributed by atoms with Crippen molar-refractivity contribution in [2.45, 2.75) is 33.1 Å². The van der Waals surface area contributed by atoms with Crippen LogP contribution in [0, 0.1) is 5.82 Å². The molecular weight excluding hydrogens is 449 g/mol. The maximum Gasteiger partial charge on any atom is 0.310 e. The Balaban J connectivity index is 1.69. The molecular formula is C28H28FNO5. The molecule has 0 aliphatic carbocycles. The van der Waals surface area contributed by atoms with Crippen molar-refractivity contribution in [3.8, 4) is 16.9 Å². The first-order valence-corrected chi connectivity index (χ1v) is 11.4. The number of methoxy groups -OCH3 is 1. The number of hydrogen-bond donors (Lipinski definition) is 1. The van der Waals surface area contributed by atoms with E-state index in [1.807, 2.05) is 42.5 Å². The van der Waals surface area contributed by atoms with Gasteiger partial charge in [0.25, 0.3) is 0 Å². The summed E-state index contributed by atoms with van der Waals surface area (Å²) in [6.07, 6.45) is 0.00171. The number of ether oxygens (including phenoxy) is 3. The van der Waals surface area contributed by atoms with E-state index in [0.717, 1.165) is 33.2 Å². The molecule has 4 rings (SSSR count). The molecule has 0 aliphatic rings. The summed E-state index contributed by atoms with van der Waals surface area (Å²) in [5.41, 5.74) is 10.9. The Bertz CT molecular complexity index is 1330. The van der Waals surface area contributed by atoms with Crippen LogP contribution in [0.4, 0.5) is 4.39 Å². The van der Waals surface area contributed by atoms with Gasteiger partial charge >= 0.3 is 5.97 Å². The molecule has 0 saturated carbocycles. The molecule has 2 N–H and O–H groups in total. The van der Waals surface area contributed by atoms with Crippen LogP contribution in [0.3, 0.4) is 0 Å². The van der Waals surface area contributed by atoms with E-state index >= 15 is 0 Å². The Morgan fingerprint density at radius 1 is 1.03 bits per heavy atom. The summed E-state index contributed by atoms with van der Waals surface area (Å²) in [6.45, 7) is 2.97. The number of fused-ring (bicyclic) bond motifs is 1. The summed E-state index contributed by atoms with van der Waals surface area (Å²) in [7, 11) is 1.62. The van der Waals surface area contributed by atoms with Gasteiger partial charge < -0.3 is 24.4 Å². The Labute approximate surface area is 203 Å². The van der Waals surface area contributed by atoms with E-state index in [2.05, 4.69) is 0 Å². The Morgan fingerprint density at radius 3 is 2.66 bits per heavy atom. The second kappa shape index (κ2) is 11.2. The number of carbonyl (C=O) groups excluding carboxylic acids is 1. The minimum Gasteiger partial charge on any atom is -0.488 e. The van der Waals surface area contributed by atoms with Gasteiger partial charge in [-0.05, 0) is 53.9 Å². The monoisotopic (exact) mass is 477 g/mol. The van der Waals surface area contributed by atoms with Crippen molar-refractivity contribution in [2.24, 2.45) is 5.73 Å². The van der Waals surface area contributed by atoms with E-state index in [4.69, 9.17) is 24.4 Å². The number of benzene rings is 3. The van der Waals surface area contributed by atoms with Crippen LogP contribution >= 0.6 is 0 Å². The molecule has 0 saturated heterocycles. The predicted octanol–water partition coefficient (Wildman–Crippen LogP) is 5.53. The zero-order chi connectivity index (χ0) is 24.8. The molecule has 0 fully saturated rings. The van der Waals surface area contributed by atoms with Gasteiger partial charge in [0.05, 0.1) is 13.0 Å². The minimum atomic E-state index is -0.443. The van der Waals surface area contributed by atoms with Crippen LogP contribution in [0.2, 0.25) is 0 Å². The van der Waals surface area contributed by atoms with Gasteiger partial charge in [0.15, 0.2) is 0 Å². The van der Waals surface area contributed by atoms with Crippen molar-refractivity contribution >= 4 is 16.9 Å². The van der Waals surface area contributed by atoms with Gasteiger partial charge in [-0.25, -0.2) is 4.39 Å². The normalized spacial score (nSPS) is 11.1. The van der Waals surface area contributed by atoms with Crippen LogP contribution in [0.1, 0.15) is 29.4 Å². The van der Waals surface area contributed by atoms with Crippen LogP contribution in [0.15, 0.2) is 65.1 Å². The Hall–Kier alpha value is -3.68. The summed E-state index contributed by atoms with van der Waals surface area (Å²) in [4.78, 5) is 12.0. The number of furan rings is 1. The van der Waals surface area contributed by atoms with Gasteiger partial charge in [-0.1, -0.05) is 24.3 Å². The lowest BCUT2D eigenvalue weighted by atomic mass is 9.99. The molecule has 1 heterocycles. The predicted molar refractivity (Wildman–Crippen MR) is 131 cm³/mol. The minimum absolute atomic E-state index is 0.00171. The first-order chi connectivity index (χ1) is 17.0. The molecule has 182 valence electrons. The van der Waals surface area contributed by atoms with Crippen LogP contribution in [-0.2, 0) is 40.4 Å². The van der Waals surface area contributed by atoms with Crippen molar-refractivity contribution in [1.82, 2.24) is 0 Å². The molecule has 4 aromatic rings. The number of nitrogens with two attached hydrogens (primary N) is 1. The van der Waals surface area contributed by atoms with E-state index in [9.17, 15) is 9.18 Å². The lowest BCUT2D eigenvalue weighted by Crippen LogP contribution is -2.09. The highest BCUT2D eigenvalue weighted by Gasteiger charge is 2.15. The third-order valence-corrected chi connectivity index (χ3v) is 5.55.